The van der Waals surface area contributed by atoms with Crippen molar-refractivity contribution in [2.24, 2.45) is 0 Å². The highest BCUT2D eigenvalue weighted by molar-refractivity contribution is 6.09. The summed E-state index contributed by atoms with van der Waals surface area (Å²) in [4.78, 5) is 33.2. The van der Waals surface area contributed by atoms with Crippen LogP contribution in [-0.2, 0) is 4.79 Å². The Morgan fingerprint density at radius 3 is 2.47 bits per heavy atom. The number of hydrogen-bond donors (Lipinski definition) is 1. The number of pyridine rings is 1. The maximum Gasteiger partial charge on any atom is 0.277 e. The van der Waals surface area contributed by atoms with Gasteiger partial charge < -0.3 is 10.1 Å². The van der Waals surface area contributed by atoms with E-state index in [1.165, 1.54) is 30.3 Å². The molecular formula is C27H28FN3O3. The van der Waals surface area contributed by atoms with Crippen molar-refractivity contribution >= 4 is 17.5 Å². The second kappa shape index (κ2) is 10.9. The van der Waals surface area contributed by atoms with Gasteiger partial charge in [-0.3, -0.25) is 19.5 Å². The number of aromatic nitrogens is 1. The summed E-state index contributed by atoms with van der Waals surface area (Å²) in [6.45, 7) is 0. The number of carbonyl (C=O) groups excluding carboxylic acids is 2. The van der Waals surface area contributed by atoms with E-state index in [9.17, 15) is 14.0 Å². The zero-order valence-corrected chi connectivity index (χ0v) is 19.1. The molecule has 1 aliphatic carbocycles. The van der Waals surface area contributed by atoms with Crippen molar-refractivity contribution in [3.8, 4) is 5.75 Å². The molecule has 1 saturated carbocycles. The second-order valence-electron chi connectivity index (χ2n) is 8.39. The number of carbonyl (C=O) groups is 2. The van der Waals surface area contributed by atoms with E-state index in [1.807, 2.05) is 0 Å². The van der Waals surface area contributed by atoms with Gasteiger partial charge in [0.1, 0.15) is 23.3 Å². The van der Waals surface area contributed by atoms with Gasteiger partial charge in [0.2, 0.25) is 5.91 Å². The lowest BCUT2D eigenvalue weighted by Crippen LogP contribution is -2.47. The number of anilines is 1. The molecule has 1 aliphatic rings. The molecule has 0 aliphatic heterocycles. The molecule has 2 aromatic carbocycles. The van der Waals surface area contributed by atoms with Crippen LogP contribution in [0.2, 0.25) is 0 Å². The van der Waals surface area contributed by atoms with Crippen LogP contribution in [0.5, 0.6) is 5.75 Å². The van der Waals surface area contributed by atoms with Gasteiger partial charge in [0, 0.05) is 24.0 Å². The molecule has 1 N–H and O–H groups in total. The molecule has 0 saturated heterocycles. The van der Waals surface area contributed by atoms with Crippen molar-refractivity contribution in [2.75, 3.05) is 12.0 Å². The van der Waals surface area contributed by atoms with Crippen LogP contribution in [0, 0.1) is 5.82 Å². The molecule has 1 atom stereocenters. The summed E-state index contributed by atoms with van der Waals surface area (Å²) in [7, 11) is 1.54. The monoisotopic (exact) mass is 461 g/mol. The molecule has 1 heterocycles. The number of benzene rings is 2. The fraction of sp³-hybridized carbons (Fsp3) is 0.296. The first-order valence-corrected chi connectivity index (χ1v) is 11.5. The number of hydrogen-bond acceptors (Lipinski definition) is 4. The average molecular weight is 462 g/mol. The first-order chi connectivity index (χ1) is 16.6. The number of amides is 2. The van der Waals surface area contributed by atoms with Crippen molar-refractivity contribution in [3.05, 3.63) is 90.0 Å². The summed E-state index contributed by atoms with van der Waals surface area (Å²) in [5.74, 6) is -0.631. The highest BCUT2D eigenvalue weighted by Gasteiger charge is 2.35. The lowest BCUT2D eigenvalue weighted by atomic mass is 9.94. The van der Waals surface area contributed by atoms with Gasteiger partial charge in [0.25, 0.3) is 5.91 Å². The van der Waals surface area contributed by atoms with E-state index < -0.39 is 17.8 Å². The third-order valence-corrected chi connectivity index (χ3v) is 6.08. The number of halogens is 1. The minimum absolute atomic E-state index is 0.0429. The van der Waals surface area contributed by atoms with Crippen molar-refractivity contribution in [1.82, 2.24) is 10.3 Å². The van der Waals surface area contributed by atoms with E-state index in [-0.39, 0.29) is 17.6 Å². The summed E-state index contributed by atoms with van der Waals surface area (Å²) >= 11 is 0. The normalized spacial score (nSPS) is 14.8. The Bertz CT molecular complexity index is 1120. The first kappa shape index (κ1) is 23.4. The molecule has 1 unspecified atom stereocenters. The molecule has 3 aromatic rings. The Balaban J connectivity index is 1.81. The number of nitrogens with one attached hydrogen (secondary N) is 1. The quantitative estimate of drug-likeness (QED) is 0.534. The Morgan fingerprint density at radius 2 is 1.79 bits per heavy atom. The number of ether oxygens (including phenoxy) is 1. The Morgan fingerprint density at radius 1 is 1.03 bits per heavy atom. The molecule has 7 heteroatoms. The maximum absolute atomic E-state index is 13.8. The molecule has 2 amide bonds. The third kappa shape index (κ3) is 5.42. The van der Waals surface area contributed by atoms with Crippen LogP contribution < -0.4 is 15.0 Å². The third-order valence-electron chi connectivity index (χ3n) is 6.08. The van der Waals surface area contributed by atoms with E-state index in [0.717, 1.165) is 32.1 Å². The van der Waals surface area contributed by atoms with Gasteiger partial charge in [-0.2, -0.15) is 0 Å². The first-order valence-electron chi connectivity index (χ1n) is 11.5. The SMILES string of the molecule is COc1cccc(N(C(=O)c2ccccn2)C(C(=O)NC2CCCCC2)c2ccc(F)cc2)c1. The van der Waals surface area contributed by atoms with Crippen LogP contribution in [0.15, 0.2) is 72.9 Å². The highest BCUT2D eigenvalue weighted by atomic mass is 19.1. The van der Waals surface area contributed by atoms with Crippen LogP contribution in [0.4, 0.5) is 10.1 Å². The topological polar surface area (TPSA) is 71.5 Å². The zero-order valence-electron chi connectivity index (χ0n) is 19.1. The van der Waals surface area contributed by atoms with Gasteiger partial charge in [-0.05, 0) is 54.8 Å². The summed E-state index contributed by atoms with van der Waals surface area (Å²) in [6, 6.07) is 16.7. The fourth-order valence-corrected chi connectivity index (χ4v) is 4.35. The van der Waals surface area contributed by atoms with Gasteiger partial charge in [-0.15, -0.1) is 0 Å². The van der Waals surface area contributed by atoms with Crippen LogP contribution in [0.1, 0.15) is 54.2 Å². The van der Waals surface area contributed by atoms with E-state index in [0.29, 0.717) is 17.0 Å². The largest absolute Gasteiger partial charge is 0.497 e. The maximum atomic E-state index is 13.8. The Kier molecular flexibility index (Phi) is 7.52. The standard InChI is InChI=1S/C27H28FN3O3/c1-34-23-11-7-10-22(18-23)31(27(33)24-12-5-6-17-29-24)25(19-13-15-20(28)16-14-19)26(32)30-21-8-3-2-4-9-21/h5-7,10-18,21,25H,2-4,8-9H2,1H3,(H,30,32). The molecule has 1 fully saturated rings. The average Bonchev–Trinajstić information content (AvgIpc) is 2.88. The Hall–Kier alpha value is -3.74. The Labute approximate surface area is 198 Å². The molecule has 176 valence electrons. The van der Waals surface area contributed by atoms with Crippen molar-refractivity contribution < 1.29 is 18.7 Å². The van der Waals surface area contributed by atoms with Crippen molar-refractivity contribution in [2.45, 2.75) is 44.2 Å². The summed E-state index contributed by atoms with van der Waals surface area (Å²) < 4.78 is 19.1. The lowest BCUT2D eigenvalue weighted by molar-refractivity contribution is -0.123. The number of rotatable bonds is 7. The second-order valence-corrected chi connectivity index (χ2v) is 8.39. The van der Waals surface area contributed by atoms with Gasteiger partial charge >= 0.3 is 0 Å². The van der Waals surface area contributed by atoms with Crippen molar-refractivity contribution in [1.29, 1.82) is 0 Å². The van der Waals surface area contributed by atoms with Crippen molar-refractivity contribution in [3.63, 3.8) is 0 Å². The predicted molar refractivity (Wildman–Crippen MR) is 128 cm³/mol. The molecule has 6 nitrogen and oxygen atoms in total. The molecular weight excluding hydrogens is 433 g/mol. The van der Waals surface area contributed by atoms with Crippen LogP contribution in [0.25, 0.3) is 0 Å². The minimum atomic E-state index is -1.02. The summed E-state index contributed by atoms with van der Waals surface area (Å²) in [5, 5.41) is 3.14. The molecule has 0 radical (unpaired) electrons. The summed E-state index contributed by atoms with van der Waals surface area (Å²) in [6.07, 6.45) is 6.59. The smallest absolute Gasteiger partial charge is 0.277 e. The van der Waals surface area contributed by atoms with Crippen LogP contribution in [0.3, 0.4) is 0 Å². The molecule has 34 heavy (non-hydrogen) atoms. The lowest BCUT2D eigenvalue weighted by Gasteiger charge is -2.33. The number of methoxy groups -OCH3 is 1. The van der Waals surface area contributed by atoms with Gasteiger partial charge in [0.05, 0.1) is 7.11 Å². The van der Waals surface area contributed by atoms with Crippen LogP contribution in [-0.4, -0.2) is 29.9 Å². The van der Waals surface area contributed by atoms with E-state index in [4.69, 9.17) is 4.74 Å². The van der Waals surface area contributed by atoms with E-state index in [2.05, 4.69) is 10.3 Å². The molecule has 0 bridgehead atoms. The van der Waals surface area contributed by atoms with Gasteiger partial charge in [0.15, 0.2) is 0 Å². The predicted octanol–water partition coefficient (Wildman–Crippen LogP) is 5.07. The molecule has 1 aromatic heterocycles. The van der Waals surface area contributed by atoms with E-state index in [1.54, 1.807) is 54.6 Å². The van der Waals surface area contributed by atoms with Gasteiger partial charge in [-0.1, -0.05) is 43.5 Å². The van der Waals surface area contributed by atoms with Gasteiger partial charge in [-0.25, -0.2) is 4.39 Å². The molecule has 4 rings (SSSR count). The fourth-order valence-electron chi connectivity index (χ4n) is 4.35. The minimum Gasteiger partial charge on any atom is -0.497 e. The number of nitrogens with zero attached hydrogens (tertiary/aromatic N) is 2. The molecule has 0 spiro atoms. The van der Waals surface area contributed by atoms with Crippen LogP contribution >= 0.6 is 0 Å². The van der Waals surface area contributed by atoms with E-state index >= 15 is 0 Å². The summed E-state index contributed by atoms with van der Waals surface area (Å²) in [5.41, 5.74) is 1.17. The zero-order chi connectivity index (χ0) is 23.9. The highest BCUT2D eigenvalue weighted by Crippen LogP contribution is 2.32.